The molecule has 0 N–H and O–H groups in total. The predicted molar refractivity (Wildman–Crippen MR) is 92.3 cm³/mol. The standard InChI is InChI=1S/C19H29NO3/c1-6-20(7-2)18(21)13-23-19(22)15(5)17-10-8-16(9-11-17)12-14(3)4/h8-11,14-15H,6-7,12-13H2,1-5H3/t15-/m0/s1. The maximum absolute atomic E-state index is 12.1. The third kappa shape index (κ3) is 6.05. The van der Waals surface area contributed by atoms with Crippen molar-refractivity contribution in [3.8, 4) is 0 Å². The van der Waals surface area contributed by atoms with Gasteiger partial charge in [-0.3, -0.25) is 9.59 Å². The molecule has 23 heavy (non-hydrogen) atoms. The fourth-order valence-electron chi connectivity index (χ4n) is 2.48. The van der Waals surface area contributed by atoms with Crippen molar-refractivity contribution in [1.82, 2.24) is 4.90 Å². The van der Waals surface area contributed by atoms with Crippen LogP contribution in [0.5, 0.6) is 0 Å². The number of hydrogen-bond acceptors (Lipinski definition) is 3. The number of rotatable bonds is 8. The molecule has 1 rings (SSSR count). The largest absolute Gasteiger partial charge is 0.455 e. The van der Waals surface area contributed by atoms with E-state index in [2.05, 4.69) is 26.0 Å². The van der Waals surface area contributed by atoms with Crippen LogP contribution in [0.4, 0.5) is 0 Å². The van der Waals surface area contributed by atoms with Gasteiger partial charge in [-0.2, -0.15) is 0 Å². The van der Waals surface area contributed by atoms with Gasteiger partial charge in [0.1, 0.15) is 0 Å². The number of ether oxygens (including phenoxy) is 1. The van der Waals surface area contributed by atoms with Crippen LogP contribution in [0.2, 0.25) is 0 Å². The van der Waals surface area contributed by atoms with E-state index < -0.39 is 0 Å². The number of nitrogens with zero attached hydrogens (tertiary/aromatic N) is 1. The van der Waals surface area contributed by atoms with E-state index in [1.165, 1.54) is 5.56 Å². The Labute approximate surface area is 139 Å². The summed E-state index contributed by atoms with van der Waals surface area (Å²) >= 11 is 0. The van der Waals surface area contributed by atoms with E-state index in [0.29, 0.717) is 19.0 Å². The van der Waals surface area contributed by atoms with Gasteiger partial charge in [0.25, 0.3) is 5.91 Å². The Bertz CT molecular complexity index is 504. The van der Waals surface area contributed by atoms with Crippen molar-refractivity contribution >= 4 is 11.9 Å². The predicted octanol–water partition coefficient (Wildman–Crippen LogP) is 3.40. The smallest absolute Gasteiger partial charge is 0.313 e. The van der Waals surface area contributed by atoms with Crippen LogP contribution in [0.15, 0.2) is 24.3 Å². The Morgan fingerprint density at radius 2 is 1.61 bits per heavy atom. The van der Waals surface area contributed by atoms with Crippen LogP contribution in [0.1, 0.15) is 51.7 Å². The molecule has 4 nitrogen and oxygen atoms in total. The highest BCUT2D eigenvalue weighted by Crippen LogP contribution is 2.19. The van der Waals surface area contributed by atoms with Crippen LogP contribution in [0.25, 0.3) is 0 Å². The lowest BCUT2D eigenvalue weighted by Crippen LogP contribution is -2.34. The van der Waals surface area contributed by atoms with E-state index in [0.717, 1.165) is 12.0 Å². The van der Waals surface area contributed by atoms with Crippen molar-refractivity contribution in [2.75, 3.05) is 19.7 Å². The third-order valence-corrected chi connectivity index (χ3v) is 3.93. The van der Waals surface area contributed by atoms with Crippen molar-refractivity contribution in [1.29, 1.82) is 0 Å². The monoisotopic (exact) mass is 319 g/mol. The zero-order valence-corrected chi connectivity index (χ0v) is 15.0. The summed E-state index contributed by atoms with van der Waals surface area (Å²) in [5, 5.41) is 0. The fourth-order valence-corrected chi connectivity index (χ4v) is 2.48. The second-order valence-corrected chi connectivity index (χ2v) is 6.23. The summed E-state index contributed by atoms with van der Waals surface area (Å²) in [6, 6.07) is 8.05. The normalized spacial score (nSPS) is 12.1. The minimum Gasteiger partial charge on any atom is -0.455 e. The van der Waals surface area contributed by atoms with Crippen molar-refractivity contribution < 1.29 is 14.3 Å². The van der Waals surface area contributed by atoms with Crippen LogP contribution in [0, 0.1) is 5.92 Å². The SMILES string of the molecule is CCN(CC)C(=O)COC(=O)[C@@H](C)c1ccc(CC(C)C)cc1. The maximum atomic E-state index is 12.1. The molecule has 0 aliphatic heterocycles. The number of hydrogen-bond donors (Lipinski definition) is 0. The Hall–Kier alpha value is -1.84. The lowest BCUT2D eigenvalue weighted by molar-refractivity contribution is -0.152. The summed E-state index contributed by atoms with van der Waals surface area (Å²) in [5.74, 6) is -0.271. The van der Waals surface area contributed by atoms with E-state index in [4.69, 9.17) is 4.74 Å². The molecule has 0 saturated heterocycles. The third-order valence-electron chi connectivity index (χ3n) is 3.93. The first-order valence-electron chi connectivity index (χ1n) is 8.42. The van der Waals surface area contributed by atoms with Crippen LogP contribution in [0.3, 0.4) is 0 Å². The number of likely N-dealkylation sites (N-methyl/N-ethyl adjacent to an activating group) is 1. The molecule has 0 radical (unpaired) electrons. The molecule has 0 unspecified atom stereocenters. The molecule has 1 aromatic carbocycles. The number of carbonyl (C=O) groups is 2. The van der Waals surface area contributed by atoms with Gasteiger partial charge < -0.3 is 9.64 Å². The molecule has 1 atom stereocenters. The highest BCUT2D eigenvalue weighted by molar-refractivity contribution is 5.83. The van der Waals surface area contributed by atoms with E-state index >= 15 is 0 Å². The molecule has 1 aromatic rings. The molecule has 0 fully saturated rings. The summed E-state index contributed by atoms with van der Waals surface area (Å²) < 4.78 is 5.17. The van der Waals surface area contributed by atoms with Crippen LogP contribution >= 0.6 is 0 Å². The molecule has 1 amide bonds. The van der Waals surface area contributed by atoms with Crippen LogP contribution in [-0.4, -0.2) is 36.5 Å². The van der Waals surface area contributed by atoms with Crippen LogP contribution in [-0.2, 0) is 20.7 Å². The first-order valence-corrected chi connectivity index (χ1v) is 8.42. The van der Waals surface area contributed by atoms with Crippen molar-refractivity contribution in [3.63, 3.8) is 0 Å². The molecule has 0 aliphatic rings. The molecule has 0 bridgehead atoms. The lowest BCUT2D eigenvalue weighted by atomic mass is 9.97. The van der Waals surface area contributed by atoms with Gasteiger partial charge in [-0.15, -0.1) is 0 Å². The maximum Gasteiger partial charge on any atom is 0.313 e. The molecule has 4 heteroatoms. The zero-order valence-electron chi connectivity index (χ0n) is 15.0. The number of benzene rings is 1. The topological polar surface area (TPSA) is 46.6 Å². The zero-order chi connectivity index (χ0) is 17.4. The number of carbonyl (C=O) groups excluding carboxylic acids is 2. The van der Waals surface area contributed by atoms with E-state index in [1.807, 2.05) is 32.9 Å². The minimum atomic E-state index is -0.368. The van der Waals surface area contributed by atoms with Gasteiger partial charge in [0, 0.05) is 13.1 Å². The van der Waals surface area contributed by atoms with Crippen molar-refractivity contribution in [2.24, 2.45) is 5.92 Å². The van der Waals surface area contributed by atoms with Gasteiger partial charge in [-0.05, 0) is 44.2 Å². The Balaban J connectivity index is 2.57. The van der Waals surface area contributed by atoms with E-state index in [9.17, 15) is 9.59 Å². The Kier molecular flexibility index (Phi) is 7.79. The molecule has 0 spiro atoms. The Morgan fingerprint density at radius 3 is 2.09 bits per heavy atom. The van der Waals surface area contributed by atoms with E-state index in [-0.39, 0.29) is 24.4 Å². The quantitative estimate of drug-likeness (QED) is 0.690. The van der Waals surface area contributed by atoms with Crippen molar-refractivity contribution in [2.45, 2.75) is 47.0 Å². The summed E-state index contributed by atoms with van der Waals surface area (Å²) in [4.78, 5) is 25.6. The van der Waals surface area contributed by atoms with Crippen molar-refractivity contribution in [3.05, 3.63) is 35.4 Å². The first kappa shape index (κ1) is 19.2. The van der Waals surface area contributed by atoms with Crippen LogP contribution < -0.4 is 0 Å². The first-order chi connectivity index (χ1) is 10.9. The molecular weight excluding hydrogens is 290 g/mol. The van der Waals surface area contributed by atoms with Gasteiger partial charge in [0.2, 0.25) is 0 Å². The van der Waals surface area contributed by atoms with Gasteiger partial charge in [-0.25, -0.2) is 0 Å². The summed E-state index contributed by atoms with van der Waals surface area (Å²) in [5.41, 5.74) is 2.18. The summed E-state index contributed by atoms with van der Waals surface area (Å²) in [7, 11) is 0. The minimum absolute atomic E-state index is 0.150. The van der Waals surface area contributed by atoms with E-state index in [1.54, 1.807) is 4.90 Å². The average molecular weight is 319 g/mol. The molecule has 0 aliphatic carbocycles. The number of amides is 1. The average Bonchev–Trinajstić information content (AvgIpc) is 2.53. The van der Waals surface area contributed by atoms with Gasteiger partial charge in [0.15, 0.2) is 6.61 Å². The molecule has 0 heterocycles. The second-order valence-electron chi connectivity index (χ2n) is 6.23. The fraction of sp³-hybridized carbons (Fsp3) is 0.579. The lowest BCUT2D eigenvalue weighted by Gasteiger charge is -2.19. The Morgan fingerprint density at radius 1 is 1.04 bits per heavy atom. The molecular formula is C19H29NO3. The summed E-state index contributed by atoms with van der Waals surface area (Å²) in [6.07, 6.45) is 1.03. The summed E-state index contributed by atoms with van der Waals surface area (Å²) in [6.45, 7) is 11.0. The highest BCUT2D eigenvalue weighted by Gasteiger charge is 2.19. The molecule has 128 valence electrons. The second kappa shape index (κ2) is 9.33. The van der Waals surface area contributed by atoms with Gasteiger partial charge in [-0.1, -0.05) is 38.1 Å². The highest BCUT2D eigenvalue weighted by atomic mass is 16.5. The molecule has 0 saturated carbocycles. The number of esters is 1. The van der Waals surface area contributed by atoms with Gasteiger partial charge >= 0.3 is 5.97 Å². The van der Waals surface area contributed by atoms with Gasteiger partial charge in [0.05, 0.1) is 5.92 Å². The molecule has 0 aromatic heterocycles.